The van der Waals surface area contributed by atoms with Crippen LogP contribution < -0.4 is 4.74 Å². The van der Waals surface area contributed by atoms with Gasteiger partial charge in [-0.3, -0.25) is 0 Å². The molecule has 1 aromatic heterocycles. The van der Waals surface area contributed by atoms with Crippen LogP contribution in [0.5, 0.6) is 5.75 Å². The Morgan fingerprint density at radius 1 is 0.917 bits per heavy atom. The van der Waals surface area contributed by atoms with Gasteiger partial charge in [-0.2, -0.15) is 0 Å². The van der Waals surface area contributed by atoms with E-state index in [0.29, 0.717) is 0 Å². The van der Waals surface area contributed by atoms with E-state index in [1.54, 1.807) is 7.11 Å². The fourth-order valence-corrected chi connectivity index (χ4v) is 2.79. The zero-order valence-electron chi connectivity index (χ0n) is 13.4. The van der Waals surface area contributed by atoms with Crippen LogP contribution in [0, 0.1) is 0 Å². The van der Waals surface area contributed by atoms with Gasteiger partial charge >= 0.3 is 0 Å². The van der Waals surface area contributed by atoms with Crippen molar-refractivity contribution in [2.45, 2.75) is 6.54 Å². The molecular formula is C20H17N3O. The second-order valence-electron chi connectivity index (χ2n) is 5.71. The first-order chi connectivity index (χ1) is 11.8. The van der Waals surface area contributed by atoms with Gasteiger partial charge in [-0.15, -0.1) is 5.10 Å². The summed E-state index contributed by atoms with van der Waals surface area (Å²) in [4.78, 5) is 0. The summed E-state index contributed by atoms with van der Waals surface area (Å²) in [6.45, 7) is 0.721. The Labute approximate surface area is 140 Å². The average Bonchev–Trinajstić information content (AvgIpc) is 3.10. The lowest BCUT2D eigenvalue weighted by Crippen LogP contribution is -1.99. The highest BCUT2D eigenvalue weighted by Gasteiger charge is 2.06. The summed E-state index contributed by atoms with van der Waals surface area (Å²) in [7, 11) is 1.68. The van der Waals surface area contributed by atoms with Gasteiger partial charge in [0.2, 0.25) is 0 Å². The third-order valence-electron chi connectivity index (χ3n) is 4.07. The molecule has 0 aliphatic rings. The van der Waals surface area contributed by atoms with E-state index in [0.717, 1.165) is 34.3 Å². The van der Waals surface area contributed by atoms with Gasteiger partial charge in [0.1, 0.15) is 11.4 Å². The quantitative estimate of drug-likeness (QED) is 0.568. The predicted octanol–water partition coefficient (Wildman–Crippen LogP) is 4.16. The normalized spacial score (nSPS) is 10.9. The van der Waals surface area contributed by atoms with Crippen molar-refractivity contribution >= 4 is 10.8 Å². The molecule has 0 amide bonds. The summed E-state index contributed by atoms with van der Waals surface area (Å²) in [5.74, 6) is 0.865. The Bertz CT molecular complexity index is 977. The molecule has 0 aliphatic heterocycles. The Morgan fingerprint density at radius 2 is 1.71 bits per heavy atom. The highest BCUT2D eigenvalue weighted by atomic mass is 16.5. The van der Waals surface area contributed by atoms with Crippen molar-refractivity contribution in [2.75, 3.05) is 7.11 Å². The van der Waals surface area contributed by atoms with E-state index in [4.69, 9.17) is 4.74 Å². The molecule has 0 saturated carbocycles. The maximum absolute atomic E-state index is 5.27. The lowest BCUT2D eigenvalue weighted by Gasteiger charge is -2.04. The van der Waals surface area contributed by atoms with Crippen LogP contribution in [0.2, 0.25) is 0 Å². The molecule has 0 atom stereocenters. The molecule has 0 aliphatic carbocycles. The van der Waals surface area contributed by atoms with Gasteiger partial charge in [-0.25, -0.2) is 4.68 Å². The van der Waals surface area contributed by atoms with Crippen LogP contribution >= 0.6 is 0 Å². The number of ether oxygens (including phenoxy) is 1. The molecule has 118 valence electrons. The molecule has 1 heterocycles. The lowest BCUT2D eigenvalue weighted by atomic mass is 10.1. The van der Waals surface area contributed by atoms with Gasteiger partial charge in [0.05, 0.1) is 19.9 Å². The largest absolute Gasteiger partial charge is 0.497 e. The zero-order valence-corrected chi connectivity index (χ0v) is 13.4. The molecule has 4 heteroatoms. The molecular weight excluding hydrogens is 298 g/mol. The van der Waals surface area contributed by atoms with Crippen LogP contribution in [0.25, 0.3) is 22.0 Å². The van der Waals surface area contributed by atoms with E-state index < -0.39 is 0 Å². The van der Waals surface area contributed by atoms with Gasteiger partial charge in [0.15, 0.2) is 0 Å². The molecule has 0 fully saturated rings. The van der Waals surface area contributed by atoms with Gasteiger partial charge < -0.3 is 4.74 Å². The summed E-state index contributed by atoms with van der Waals surface area (Å²) >= 11 is 0. The van der Waals surface area contributed by atoms with Crippen molar-refractivity contribution in [1.82, 2.24) is 15.0 Å². The number of fused-ring (bicyclic) bond motifs is 1. The number of hydrogen-bond donors (Lipinski definition) is 0. The molecule has 3 aromatic carbocycles. The van der Waals surface area contributed by atoms with Gasteiger partial charge in [-0.1, -0.05) is 53.7 Å². The van der Waals surface area contributed by atoms with Crippen molar-refractivity contribution < 1.29 is 4.74 Å². The first-order valence-electron chi connectivity index (χ1n) is 7.84. The maximum atomic E-state index is 5.27. The number of rotatable bonds is 4. The van der Waals surface area contributed by atoms with E-state index in [9.17, 15) is 0 Å². The Balaban J connectivity index is 1.63. The minimum Gasteiger partial charge on any atom is -0.497 e. The summed E-state index contributed by atoms with van der Waals surface area (Å²) in [5.41, 5.74) is 3.15. The number of nitrogens with zero attached hydrogens (tertiary/aromatic N) is 3. The molecule has 4 nitrogen and oxygen atoms in total. The highest BCUT2D eigenvalue weighted by molar-refractivity contribution is 5.87. The predicted molar refractivity (Wildman–Crippen MR) is 95.1 cm³/mol. The molecule has 4 rings (SSSR count). The first kappa shape index (κ1) is 14.5. The van der Waals surface area contributed by atoms with Gasteiger partial charge in [0, 0.05) is 5.56 Å². The third-order valence-corrected chi connectivity index (χ3v) is 4.07. The number of aromatic nitrogens is 3. The maximum Gasteiger partial charge on any atom is 0.119 e. The molecule has 0 saturated heterocycles. The topological polar surface area (TPSA) is 39.9 Å². The molecule has 24 heavy (non-hydrogen) atoms. The minimum absolute atomic E-state index is 0.721. The zero-order chi connectivity index (χ0) is 16.4. The molecule has 0 N–H and O–H groups in total. The SMILES string of the molecule is COc1ccc2cc(-c3cn(Cc4ccccc4)nn3)ccc2c1. The van der Waals surface area contributed by atoms with Gasteiger partial charge in [-0.05, 0) is 34.5 Å². The molecule has 0 radical (unpaired) electrons. The fourth-order valence-electron chi connectivity index (χ4n) is 2.79. The summed E-state index contributed by atoms with van der Waals surface area (Å²) < 4.78 is 7.14. The van der Waals surface area contributed by atoms with Crippen molar-refractivity contribution in [2.24, 2.45) is 0 Å². The molecule has 0 bridgehead atoms. The summed E-state index contributed by atoms with van der Waals surface area (Å²) in [5, 5.41) is 10.9. The second-order valence-corrected chi connectivity index (χ2v) is 5.71. The van der Waals surface area contributed by atoms with Crippen LogP contribution in [0.1, 0.15) is 5.56 Å². The number of methoxy groups -OCH3 is 1. The first-order valence-corrected chi connectivity index (χ1v) is 7.84. The smallest absolute Gasteiger partial charge is 0.119 e. The van der Waals surface area contributed by atoms with Crippen LogP contribution in [0.4, 0.5) is 0 Å². The Kier molecular flexibility index (Phi) is 3.71. The molecule has 0 unspecified atom stereocenters. The van der Waals surface area contributed by atoms with Crippen LogP contribution in [0.15, 0.2) is 72.9 Å². The average molecular weight is 315 g/mol. The van der Waals surface area contributed by atoms with E-state index in [-0.39, 0.29) is 0 Å². The fraction of sp³-hybridized carbons (Fsp3) is 0.100. The van der Waals surface area contributed by atoms with E-state index in [1.165, 1.54) is 5.56 Å². The van der Waals surface area contributed by atoms with Crippen molar-refractivity contribution in [3.8, 4) is 17.0 Å². The summed E-state index contributed by atoms with van der Waals surface area (Å²) in [6.07, 6.45) is 1.98. The second kappa shape index (κ2) is 6.16. The Hall–Kier alpha value is -3.14. The van der Waals surface area contributed by atoms with Crippen molar-refractivity contribution in [3.63, 3.8) is 0 Å². The van der Waals surface area contributed by atoms with Gasteiger partial charge in [0.25, 0.3) is 0 Å². The summed E-state index contributed by atoms with van der Waals surface area (Å²) in [6, 6.07) is 22.6. The van der Waals surface area contributed by atoms with E-state index in [2.05, 4.69) is 46.7 Å². The molecule has 0 spiro atoms. The highest BCUT2D eigenvalue weighted by Crippen LogP contribution is 2.26. The monoisotopic (exact) mass is 315 g/mol. The van der Waals surface area contributed by atoms with Crippen LogP contribution in [0.3, 0.4) is 0 Å². The van der Waals surface area contributed by atoms with E-state index in [1.807, 2.05) is 41.2 Å². The van der Waals surface area contributed by atoms with Crippen molar-refractivity contribution in [1.29, 1.82) is 0 Å². The minimum atomic E-state index is 0.721. The lowest BCUT2D eigenvalue weighted by molar-refractivity contribution is 0.415. The molecule has 4 aromatic rings. The van der Waals surface area contributed by atoms with Crippen LogP contribution in [-0.4, -0.2) is 22.1 Å². The van der Waals surface area contributed by atoms with E-state index >= 15 is 0 Å². The van der Waals surface area contributed by atoms with Crippen LogP contribution in [-0.2, 0) is 6.54 Å². The third kappa shape index (κ3) is 2.86. The number of hydrogen-bond acceptors (Lipinski definition) is 3. The van der Waals surface area contributed by atoms with Crippen molar-refractivity contribution in [3.05, 3.63) is 78.5 Å². The number of benzene rings is 3. The standard InChI is InChI=1S/C20H17N3O/c1-24-19-10-9-16-11-18(8-7-17(16)12-19)20-14-23(22-21-20)13-15-5-3-2-4-6-15/h2-12,14H,13H2,1H3. The Morgan fingerprint density at radius 3 is 2.54 bits per heavy atom.